The van der Waals surface area contributed by atoms with Gasteiger partial charge >= 0.3 is 0 Å². The highest BCUT2D eigenvalue weighted by molar-refractivity contribution is 5.07. The Kier molecular flexibility index (Phi) is 1.63. The molecule has 6 atom stereocenters. The SMILES string of the molecule is CC1C2CC(C)C(C)(C1C)C2C. The highest BCUT2D eigenvalue weighted by Gasteiger charge is 2.59. The van der Waals surface area contributed by atoms with Crippen molar-refractivity contribution in [2.45, 2.75) is 41.0 Å². The lowest BCUT2D eigenvalue weighted by Crippen LogP contribution is -2.32. The summed E-state index contributed by atoms with van der Waals surface area (Å²) in [4.78, 5) is 0. The maximum absolute atomic E-state index is 2.52. The van der Waals surface area contributed by atoms with Crippen molar-refractivity contribution in [3.05, 3.63) is 0 Å². The van der Waals surface area contributed by atoms with Crippen molar-refractivity contribution in [2.24, 2.45) is 35.0 Å². The van der Waals surface area contributed by atoms with Gasteiger partial charge in [-0.25, -0.2) is 0 Å². The lowest BCUT2D eigenvalue weighted by molar-refractivity contribution is 0.0959. The van der Waals surface area contributed by atoms with E-state index < -0.39 is 0 Å². The van der Waals surface area contributed by atoms with E-state index in [1.807, 2.05) is 0 Å². The van der Waals surface area contributed by atoms with Gasteiger partial charge in [0.1, 0.15) is 0 Å². The van der Waals surface area contributed by atoms with Crippen LogP contribution < -0.4 is 0 Å². The highest BCUT2D eigenvalue weighted by Crippen LogP contribution is 2.65. The molecule has 2 aliphatic rings. The maximum atomic E-state index is 2.52. The zero-order valence-electron chi connectivity index (χ0n) is 9.09. The average Bonchev–Trinajstić information content (AvgIpc) is 2.33. The van der Waals surface area contributed by atoms with Crippen molar-refractivity contribution in [1.29, 1.82) is 0 Å². The first-order valence-electron chi connectivity index (χ1n) is 5.49. The second-order valence-corrected chi connectivity index (χ2v) is 5.60. The number of hydrogen-bond donors (Lipinski definition) is 0. The molecule has 0 aromatic heterocycles. The van der Waals surface area contributed by atoms with E-state index in [1.54, 1.807) is 0 Å². The van der Waals surface area contributed by atoms with Crippen LogP contribution in [-0.4, -0.2) is 0 Å². The zero-order chi connectivity index (χ0) is 9.09. The van der Waals surface area contributed by atoms with Crippen LogP contribution in [0.3, 0.4) is 0 Å². The van der Waals surface area contributed by atoms with E-state index in [4.69, 9.17) is 0 Å². The summed E-state index contributed by atoms with van der Waals surface area (Å²) in [5.74, 6) is 4.88. The summed E-state index contributed by atoms with van der Waals surface area (Å²) < 4.78 is 0. The summed E-state index contributed by atoms with van der Waals surface area (Å²) in [6, 6.07) is 0. The third kappa shape index (κ3) is 0.701. The van der Waals surface area contributed by atoms with E-state index in [1.165, 1.54) is 6.42 Å². The van der Waals surface area contributed by atoms with Crippen LogP contribution in [0.5, 0.6) is 0 Å². The summed E-state index contributed by atoms with van der Waals surface area (Å²) in [6.07, 6.45) is 1.49. The molecule has 12 heavy (non-hydrogen) atoms. The Balaban J connectivity index is 2.37. The molecule has 0 nitrogen and oxygen atoms in total. The van der Waals surface area contributed by atoms with Gasteiger partial charge in [-0.05, 0) is 41.4 Å². The fourth-order valence-corrected chi connectivity index (χ4v) is 4.25. The van der Waals surface area contributed by atoms with Gasteiger partial charge in [0.25, 0.3) is 0 Å². The van der Waals surface area contributed by atoms with E-state index >= 15 is 0 Å². The van der Waals surface area contributed by atoms with Crippen molar-refractivity contribution < 1.29 is 0 Å². The second kappa shape index (κ2) is 2.27. The lowest BCUT2D eigenvalue weighted by atomic mass is 9.66. The van der Waals surface area contributed by atoms with Crippen LogP contribution in [0.4, 0.5) is 0 Å². The van der Waals surface area contributed by atoms with Gasteiger partial charge in [-0.2, -0.15) is 0 Å². The van der Waals surface area contributed by atoms with Gasteiger partial charge in [-0.3, -0.25) is 0 Å². The van der Waals surface area contributed by atoms with Crippen molar-refractivity contribution in [3.8, 4) is 0 Å². The molecule has 2 rings (SSSR count). The Morgan fingerprint density at radius 3 is 1.92 bits per heavy atom. The Morgan fingerprint density at radius 1 is 1.00 bits per heavy atom. The molecule has 0 spiro atoms. The van der Waals surface area contributed by atoms with Gasteiger partial charge in [-0.15, -0.1) is 0 Å². The largest absolute Gasteiger partial charge is 0.0620 e. The molecule has 0 N–H and O–H groups in total. The molecule has 0 saturated heterocycles. The van der Waals surface area contributed by atoms with E-state index in [-0.39, 0.29) is 0 Å². The quantitative estimate of drug-likeness (QED) is 0.516. The molecule has 70 valence electrons. The van der Waals surface area contributed by atoms with E-state index in [2.05, 4.69) is 34.6 Å². The smallest absolute Gasteiger partial charge is 0.0243 e. The van der Waals surface area contributed by atoms with E-state index in [9.17, 15) is 0 Å². The molecule has 2 bridgehead atoms. The summed E-state index contributed by atoms with van der Waals surface area (Å²) in [5.41, 5.74) is 0.657. The molecule has 2 aliphatic carbocycles. The first kappa shape index (κ1) is 8.59. The minimum atomic E-state index is 0.657. The zero-order valence-corrected chi connectivity index (χ0v) is 9.09. The van der Waals surface area contributed by atoms with Crippen LogP contribution in [0.1, 0.15) is 41.0 Å². The molecule has 0 aromatic carbocycles. The van der Waals surface area contributed by atoms with Crippen molar-refractivity contribution >= 4 is 0 Å². The molecule has 0 heteroatoms. The van der Waals surface area contributed by atoms with Gasteiger partial charge in [0.2, 0.25) is 0 Å². The standard InChI is InChI=1S/C12H22/c1-7-6-11-8(2)9(3)12(7,5)10(11)4/h7-11H,6H2,1-5H3. The summed E-state index contributed by atoms with van der Waals surface area (Å²) >= 11 is 0. The monoisotopic (exact) mass is 166 g/mol. The van der Waals surface area contributed by atoms with Crippen LogP contribution in [0.2, 0.25) is 0 Å². The first-order valence-corrected chi connectivity index (χ1v) is 5.49. The van der Waals surface area contributed by atoms with Gasteiger partial charge in [-0.1, -0.05) is 34.6 Å². The number of rotatable bonds is 0. The molecule has 6 unspecified atom stereocenters. The maximum Gasteiger partial charge on any atom is -0.0243 e. The molecule has 0 radical (unpaired) electrons. The molecule has 0 aliphatic heterocycles. The Hall–Kier alpha value is 0. The molecule has 0 aromatic rings. The van der Waals surface area contributed by atoms with Crippen molar-refractivity contribution in [1.82, 2.24) is 0 Å². The van der Waals surface area contributed by atoms with Crippen LogP contribution in [0.25, 0.3) is 0 Å². The first-order chi connectivity index (χ1) is 5.49. The number of fused-ring (bicyclic) bond motifs is 2. The fraction of sp³-hybridized carbons (Fsp3) is 1.00. The van der Waals surface area contributed by atoms with Crippen LogP contribution in [-0.2, 0) is 0 Å². The topological polar surface area (TPSA) is 0 Å². The Bertz CT molecular complexity index is 188. The van der Waals surface area contributed by atoms with Gasteiger partial charge in [0, 0.05) is 0 Å². The Morgan fingerprint density at radius 2 is 1.58 bits per heavy atom. The van der Waals surface area contributed by atoms with Crippen molar-refractivity contribution in [2.75, 3.05) is 0 Å². The normalized spacial score (nSPS) is 64.2. The Labute approximate surface area is 76.7 Å². The van der Waals surface area contributed by atoms with Crippen LogP contribution in [0, 0.1) is 35.0 Å². The molecule has 2 saturated carbocycles. The average molecular weight is 166 g/mol. The van der Waals surface area contributed by atoms with Crippen molar-refractivity contribution in [3.63, 3.8) is 0 Å². The number of hydrogen-bond acceptors (Lipinski definition) is 0. The summed E-state index contributed by atoms with van der Waals surface area (Å²) in [6.45, 7) is 12.4. The van der Waals surface area contributed by atoms with Crippen LogP contribution in [0.15, 0.2) is 0 Å². The summed E-state index contributed by atoms with van der Waals surface area (Å²) in [5, 5.41) is 0. The minimum absolute atomic E-state index is 0.657. The van der Waals surface area contributed by atoms with E-state index in [0.29, 0.717) is 5.41 Å². The van der Waals surface area contributed by atoms with Gasteiger partial charge in [0.15, 0.2) is 0 Å². The molecule has 0 heterocycles. The summed E-state index contributed by atoms with van der Waals surface area (Å²) in [7, 11) is 0. The molecular weight excluding hydrogens is 144 g/mol. The third-order valence-electron chi connectivity index (χ3n) is 5.76. The molecule has 2 fully saturated rings. The predicted molar refractivity (Wildman–Crippen MR) is 52.9 cm³/mol. The van der Waals surface area contributed by atoms with Crippen LogP contribution >= 0.6 is 0 Å². The fourth-order valence-electron chi connectivity index (χ4n) is 4.25. The van der Waals surface area contributed by atoms with Gasteiger partial charge < -0.3 is 0 Å². The third-order valence-corrected chi connectivity index (χ3v) is 5.76. The molecule has 0 amide bonds. The second-order valence-electron chi connectivity index (χ2n) is 5.60. The predicted octanol–water partition coefficient (Wildman–Crippen LogP) is 3.57. The minimum Gasteiger partial charge on any atom is -0.0620 e. The van der Waals surface area contributed by atoms with E-state index in [0.717, 1.165) is 29.6 Å². The molecular formula is C12H22. The highest BCUT2D eigenvalue weighted by atomic mass is 14.6. The lowest BCUT2D eigenvalue weighted by Gasteiger charge is -2.39. The van der Waals surface area contributed by atoms with Gasteiger partial charge in [0.05, 0.1) is 0 Å².